The highest BCUT2D eigenvalue weighted by atomic mass is 32.2. The van der Waals surface area contributed by atoms with Gasteiger partial charge < -0.3 is 0 Å². The van der Waals surface area contributed by atoms with Crippen molar-refractivity contribution in [3.8, 4) is 0 Å². The van der Waals surface area contributed by atoms with E-state index in [4.69, 9.17) is 0 Å². The fourth-order valence-corrected chi connectivity index (χ4v) is 3.42. The van der Waals surface area contributed by atoms with E-state index in [1.165, 1.54) is 0 Å². The maximum atomic E-state index is 12.8. The molecule has 2 fully saturated rings. The minimum Gasteiger partial charge on any atom is -0.247 e. The lowest BCUT2D eigenvalue weighted by molar-refractivity contribution is 0.337. The van der Waals surface area contributed by atoms with Crippen LogP contribution in [-0.2, 0) is 10.0 Å². The second-order valence-corrected chi connectivity index (χ2v) is 6.91. The van der Waals surface area contributed by atoms with Crippen LogP contribution in [0.5, 0.6) is 0 Å². The molecular weight excluding hydrogens is 205 g/mol. The monoisotopic (exact) mass is 221 g/mol. The summed E-state index contributed by atoms with van der Waals surface area (Å²) in [6.45, 7) is 1.75. The first-order chi connectivity index (χ1) is 6.43. The van der Waals surface area contributed by atoms with Gasteiger partial charge in [-0.3, -0.25) is 0 Å². The highest BCUT2D eigenvalue weighted by Crippen LogP contribution is 2.42. The first-order valence-electron chi connectivity index (χ1n) is 5.09. The summed E-state index contributed by atoms with van der Waals surface area (Å²) in [7, 11) is -3.21. The van der Waals surface area contributed by atoms with Crippen LogP contribution in [0, 0.1) is 0 Å². The number of alkyl halides is 1. The van der Waals surface area contributed by atoms with Crippen LogP contribution in [0.2, 0.25) is 0 Å². The molecule has 2 atom stereocenters. The van der Waals surface area contributed by atoms with Gasteiger partial charge in [-0.25, -0.2) is 17.5 Å². The zero-order chi connectivity index (χ0) is 10.4. The fraction of sp³-hybridized carbons (Fsp3) is 1.00. The number of sulfonamides is 1. The maximum Gasteiger partial charge on any atom is 0.217 e. The molecule has 0 unspecified atom stereocenters. The molecule has 2 rings (SSSR count). The van der Waals surface area contributed by atoms with Gasteiger partial charge >= 0.3 is 0 Å². The van der Waals surface area contributed by atoms with E-state index in [0.29, 0.717) is 19.3 Å². The Bertz CT molecular complexity index is 324. The van der Waals surface area contributed by atoms with E-state index in [9.17, 15) is 12.8 Å². The lowest BCUT2D eigenvalue weighted by atomic mass is 10.3. The average Bonchev–Trinajstić information content (AvgIpc) is 2.70. The van der Waals surface area contributed by atoms with E-state index in [-0.39, 0.29) is 6.04 Å². The molecule has 0 saturated heterocycles. The summed E-state index contributed by atoms with van der Waals surface area (Å²) in [5, 5.41) is 0. The second kappa shape index (κ2) is 3.17. The molecule has 0 amide bonds. The molecule has 3 nitrogen and oxygen atoms in total. The first-order valence-corrected chi connectivity index (χ1v) is 6.57. The molecule has 1 N–H and O–H groups in total. The third-order valence-corrected chi connectivity index (χ3v) is 5.64. The predicted molar refractivity (Wildman–Crippen MR) is 52.2 cm³/mol. The van der Waals surface area contributed by atoms with Gasteiger partial charge in [-0.2, -0.15) is 0 Å². The third kappa shape index (κ3) is 1.80. The standard InChI is InChI=1S/C9H16FNO2S/c1-9(4-5-9)14(12,13)11-8-3-2-7(10)6-8/h7-8,11H,2-6H2,1H3/t7-,8-/m1/s1. The lowest BCUT2D eigenvalue weighted by Gasteiger charge is -2.16. The summed E-state index contributed by atoms with van der Waals surface area (Å²) in [5.74, 6) is 0. The zero-order valence-corrected chi connectivity index (χ0v) is 9.11. The van der Waals surface area contributed by atoms with Crippen molar-refractivity contribution in [3.05, 3.63) is 0 Å². The molecule has 0 aromatic rings. The van der Waals surface area contributed by atoms with E-state index >= 15 is 0 Å². The van der Waals surface area contributed by atoms with Crippen LogP contribution in [0.4, 0.5) is 4.39 Å². The van der Waals surface area contributed by atoms with Gasteiger partial charge in [0, 0.05) is 6.04 Å². The summed E-state index contributed by atoms with van der Waals surface area (Å²) in [6.07, 6.45) is 2.10. The van der Waals surface area contributed by atoms with Gasteiger partial charge in [0.2, 0.25) is 10.0 Å². The number of halogens is 1. The van der Waals surface area contributed by atoms with Gasteiger partial charge in [0.05, 0.1) is 4.75 Å². The predicted octanol–water partition coefficient (Wildman–Crippen LogP) is 1.35. The molecule has 2 aliphatic rings. The summed E-state index contributed by atoms with van der Waals surface area (Å²) < 4.78 is 38.4. The van der Waals surface area contributed by atoms with Gasteiger partial charge in [0.15, 0.2) is 0 Å². The summed E-state index contributed by atoms with van der Waals surface area (Å²) >= 11 is 0. The van der Waals surface area contributed by atoms with E-state index in [2.05, 4.69) is 4.72 Å². The molecule has 2 aliphatic carbocycles. The summed E-state index contributed by atoms with van der Waals surface area (Å²) in [5.41, 5.74) is 0. The average molecular weight is 221 g/mol. The van der Waals surface area contributed by atoms with E-state index in [1.807, 2.05) is 0 Å². The molecular formula is C9H16FNO2S. The van der Waals surface area contributed by atoms with Gasteiger partial charge in [-0.1, -0.05) is 0 Å². The molecule has 0 spiro atoms. The molecule has 2 saturated carbocycles. The fourth-order valence-electron chi connectivity index (χ4n) is 1.84. The Balaban J connectivity index is 1.97. The van der Waals surface area contributed by atoms with Gasteiger partial charge in [0.1, 0.15) is 6.17 Å². The smallest absolute Gasteiger partial charge is 0.217 e. The molecule has 5 heteroatoms. The molecule has 0 radical (unpaired) electrons. The van der Waals surface area contributed by atoms with Crippen LogP contribution >= 0.6 is 0 Å². The zero-order valence-electron chi connectivity index (χ0n) is 8.29. The third-order valence-electron chi connectivity index (χ3n) is 3.29. The Morgan fingerprint density at radius 3 is 2.43 bits per heavy atom. The van der Waals surface area contributed by atoms with Crippen molar-refractivity contribution in [1.29, 1.82) is 0 Å². The Labute approximate surface area is 84.1 Å². The van der Waals surface area contributed by atoms with Crippen LogP contribution in [0.15, 0.2) is 0 Å². The Hall–Kier alpha value is -0.160. The van der Waals surface area contributed by atoms with Crippen LogP contribution in [-0.4, -0.2) is 25.4 Å². The molecule has 0 aromatic heterocycles. The number of hydrogen-bond donors (Lipinski definition) is 1. The molecule has 0 heterocycles. The number of rotatable bonds is 3. The van der Waals surface area contributed by atoms with Crippen molar-refractivity contribution in [3.63, 3.8) is 0 Å². The normalized spacial score (nSPS) is 35.9. The minimum absolute atomic E-state index is 0.174. The Morgan fingerprint density at radius 1 is 1.36 bits per heavy atom. The maximum absolute atomic E-state index is 12.8. The first kappa shape index (κ1) is 10.4. The van der Waals surface area contributed by atoms with Crippen molar-refractivity contribution in [2.45, 2.75) is 56.0 Å². The number of hydrogen-bond acceptors (Lipinski definition) is 2. The van der Waals surface area contributed by atoms with Crippen LogP contribution in [0.1, 0.15) is 39.0 Å². The van der Waals surface area contributed by atoms with Crippen LogP contribution in [0.25, 0.3) is 0 Å². The summed E-state index contributed by atoms with van der Waals surface area (Å²) in [6, 6.07) is -0.174. The molecule has 0 bridgehead atoms. The van der Waals surface area contributed by atoms with E-state index < -0.39 is 20.9 Å². The number of nitrogens with one attached hydrogen (secondary N) is 1. The van der Waals surface area contributed by atoms with Crippen LogP contribution < -0.4 is 4.72 Å². The molecule has 82 valence electrons. The van der Waals surface area contributed by atoms with Gasteiger partial charge in [-0.15, -0.1) is 0 Å². The Morgan fingerprint density at radius 2 is 2.00 bits per heavy atom. The lowest BCUT2D eigenvalue weighted by Crippen LogP contribution is -2.40. The van der Waals surface area contributed by atoms with Crippen molar-refractivity contribution in [1.82, 2.24) is 4.72 Å². The molecule has 0 aliphatic heterocycles. The topological polar surface area (TPSA) is 46.2 Å². The quantitative estimate of drug-likeness (QED) is 0.782. The SMILES string of the molecule is CC1(S(=O)(=O)N[C@@H]2CC[C@@H](F)C2)CC1. The van der Waals surface area contributed by atoms with Gasteiger partial charge in [0.25, 0.3) is 0 Å². The highest BCUT2D eigenvalue weighted by Gasteiger charge is 2.50. The highest BCUT2D eigenvalue weighted by molar-refractivity contribution is 7.91. The molecule has 14 heavy (non-hydrogen) atoms. The van der Waals surface area contributed by atoms with Crippen molar-refractivity contribution in [2.24, 2.45) is 0 Å². The van der Waals surface area contributed by atoms with Crippen molar-refractivity contribution in [2.75, 3.05) is 0 Å². The second-order valence-electron chi connectivity index (χ2n) is 4.68. The van der Waals surface area contributed by atoms with Gasteiger partial charge in [-0.05, 0) is 39.0 Å². The largest absolute Gasteiger partial charge is 0.247 e. The van der Waals surface area contributed by atoms with Crippen LogP contribution in [0.3, 0.4) is 0 Å². The minimum atomic E-state index is -3.21. The van der Waals surface area contributed by atoms with Crippen molar-refractivity contribution < 1.29 is 12.8 Å². The summed E-state index contributed by atoms with van der Waals surface area (Å²) in [4.78, 5) is 0. The van der Waals surface area contributed by atoms with Crippen molar-refractivity contribution >= 4 is 10.0 Å². The Kier molecular flexibility index (Phi) is 2.34. The van der Waals surface area contributed by atoms with E-state index in [0.717, 1.165) is 12.8 Å². The van der Waals surface area contributed by atoms with E-state index in [1.54, 1.807) is 6.92 Å². The molecule has 0 aromatic carbocycles.